The Kier molecular flexibility index (Phi) is 2.16. The summed E-state index contributed by atoms with van der Waals surface area (Å²) < 4.78 is 0. The van der Waals surface area contributed by atoms with Gasteiger partial charge in [0.2, 0.25) is 0 Å². The highest BCUT2D eigenvalue weighted by Gasteiger charge is 2.43. The van der Waals surface area contributed by atoms with E-state index in [4.69, 9.17) is 0 Å². The maximum absolute atomic E-state index is 2.42. The molecule has 0 bridgehead atoms. The molecule has 2 aliphatic rings. The van der Waals surface area contributed by atoms with E-state index in [1.165, 1.54) is 38.6 Å². The van der Waals surface area contributed by atoms with Crippen LogP contribution in [0.2, 0.25) is 0 Å². The van der Waals surface area contributed by atoms with E-state index in [1.54, 1.807) is 0 Å². The topological polar surface area (TPSA) is 0 Å². The second-order valence-corrected chi connectivity index (χ2v) is 6.83. The van der Waals surface area contributed by atoms with E-state index in [9.17, 15) is 0 Å². The van der Waals surface area contributed by atoms with Crippen LogP contribution in [0.25, 0.3) is 28.0 Å². The Morgan fingerprint density at radius 1 is 0.864 bits per heavy atom. The summed E-state index contributed by atoms with van der Waals surface area (Å²) in [5.74, 6) is 0.500. The highest BCUT2D eigenvalue weighted by atomic mass is 14.5. The van der Waals surface area contributed by atoms with Crippen LogP contribution in [-0.2, 0) is 5.41 Å². The highest BCUT2D eigenvalue weighted by Crippen LogP contribution is 2.54. The molecule has 22 heavy (non-hydrogen) atoms. The molecule has 0 aromatic heterocycles. The molecule has 2 atom stereocenters. The quantitative estimate of drug-likeness (QED) is 0.489. The first-order valence-corrected chi connectivity index (χ1v) is 8.05. The Labute approximate surface area is 131 Å². The van der Waals surface area contributed by atoms with Crippen LogP contribution in [-0.4, -0.2) is 0 Å². The molecule has 0 spiro atoms. The average Bonchev–Trinajstić information content (AvgIpc) is 2.56. The lowest BCUT2D eigenvalue weighted by atomic mass is 9.59. The molecule has 0 heterocycles. The molecule has 106 valence electrons. The Hall–Kier alpha value is -2.34. The van der Waals surface area contributed by atoms with Gasteiger partial charge in [-0.05, 0) is 44.5 Å². The van der Waals surface area contributed by atoms with E-state index in [-0.39, 0.29) is 5.41 Å². The van der Waals surface area contributed by atoms with Gasteiger partial charge in [0.25, 0.3) is 0 Å². The van der Waals surface area contributed by atoms with E-state index in [0.29, 0.717) is 5.92 Å². The maximum atomic E-state index is 2.42. The predicted molar refractivity (Wildman–Crippen MR) is 94.0 cm³/mol. The third kappa shape index (κ3) is 1.25. The van der Waals surface area contributed by atoms with E-state index in [1.807, 2.05) is 0 Å². The van der Waals surface area contributed by atoms with Gasteiger partial charge in [-0.15, -0.1) is 0 Å². The van der Waals surface area contributed by atoms with Gasteiger partial charge < -0.3 is 0 Å². The molecule has 0 radical (unpaired) electrons. The molecule has 2 aliphatic carbocycles. The second-order valence-electron chi connectivity index (χ2n) is 6.83. The normalized spacial score (nSPS) is 24.4. The molecule has 3 aromatic carbocycles. The molecule has 5 rings (SSSR count). The van der Waals surface area contributed by atoms with Crippen molar-refractivity contribution in [1.29, 1.82) is 0 Å². The van der Waals surface area contributed by atoms with Crippen molar-refractivity contribution < 1.29 is 0 Å². The molecule has 0 nitrogen and oxygen atoms in total. The largest absolute Gasteiger partial charge is 0.0799 e. The first kappa shape index (κ1) is 12.2. The summed E-state index contributed by atoms with van der Waals surface area (Å²) in [7, 11) is 0. The van der Waals surface area contributed by atoms with Crippen molar-refractivity contribution in [2.24, 2.45) is 5.92 Å². The smallest absolute Gasteiger partial charge is 0.0253 e. The summed E-state index contributed by atoms with van der Waals surface area (Å²) in [4.78, 5) is 0. The third-order valence-electron chi connectivity index (χ3n) is 5.85. The monoisotopic (exact) mass is 282 g/mol. The molecule has 0 amide bonds. The molecule has 0 unspecified atom stereocenters. The fourth-order valence-electron chi connectivity index (χ4n) is 4.56. The fourth-order valence-corrected chi connectivity index (χ4v) is 4.56. The summed E-state index contributed by atoms with van der Waals surface area (Å²) in [6.45, 7) is 4.78. The van der Waals surface area contributed by atoms with Crippen LogP contribution in [0.15, 0.2) is 60.7 Å². The molecule has 0 saturated heterocycles. The van der Waals surface area contributed by atoms with Gasteiger partial charge in [0.05, 0.1) is 0 Å². The summed E-state index contributed by atoms with van der Waals surface area (Å²) in [6.07, 6.45) is 4.68. The molecule has 0 saturated carbocycles. The summed E-state index contributed by atoms with van der Waals surface area (Å²) in [6, 6.07) is 20.2. The lowest BCUT2D eigenvalue weighted by Crippen LogP contribution is -2.36. The van der Waals surface area contributed by atoms with E-state index >= 15 is 0 Å². The number of fused-ring (bicyclic) bond motifs is 2. The van der Waals surface area contributed by atoms with Gasteiger partial charge in [0, 0.05) is 5.41 Å². The van der Waals surface area contributed by atoms with Gasteiger partial charge in [0.1, 0.15) is 0 Å². The number of rotatable bonds is 0. The van der Waals surface area contributed by atoms with Gasteiger partial charge >= 0.3 is 0 Å². The Balaban J connectivity index is 2.08. The zero-order valence-corrected chi connectivity index (χ0v) is 12.9. The molecule has 0 aliphatic heterocycles. The lowest BCUT2D eigenvalue weighted by Gasteiger charge is -2.44. The Bertz CT molecular complexity index is 956. The molecule has 0 fully saturated rings. The summed E-state index contributed by atoms with van der Waals surface area (Å²) >= 11 is 0. The first-order valence-electron chi connectivity index (χ1n) is 8.05. The fraction of sp³-hybridized carbons (Fsp3) is 0.182. The van der Waals surface area contributed by atoms with E-state index < -0.39 is 0 Å². The van der Waals surface area contributed by atoms with Gasteiger partial charge in [-0.2, -0.15) is 0 Å². The number of allylic oxidation sites excluding steroid dienone is 1. The molecule has 0 heteroatoms. The number of hydrogen-bond donors (Lipinski definition) is 0. The number of benzene rings is 3. The van der Waals surface area contributed by atoms with Crippen molar-refractivity contribution in [3.63, 3.8) is 0 Å². The molecular formula is C22H18. The van der Waals surface area contributed by atoms with Crippen LogP contribution < -0.4 is 0 Å². The third-order valence-corrected chi connectivity index (χ3v) is 5.85. The van der Waals surface area contributed by atoms with Crippen LogP contribution >= 0.6 is 0 Å². The second kappa shape index (κ2) is 3.89. The van der Waals surface area contributed by atoms with E-state index in [2.05, 4.69) is 80.6 Å². The van der Waals surface area contributed by atoms with E-state index in [0.717, 1.165) is 0 Å². The standard InChI is InChI=1S/C22H18/c1-14-12-13-16-8-4-10-18-17-9-3-6-15-7-5-11-19(20(15)17)22(14,2)21(16)18/h3-14H,1-2H3/t14-,22+/m0/s1. The van der Waals surface area contributed by atoms with Gasteiger partial charge in [-0.1, -0.05) is 80.6 Å². The van der Waals surface area contributed by atoms with Crippen molar-refractivity contribution in [3.05, 3.63) is 77.4 Å². The zero-order chi connectivity index (χ0) is 14.9. The van der Waals surface area contributed by atoms with Crippen molar-refractivity contribution in [1.82, 2.24) is 0 Å². The molecule has 0 N–H and O–H groups in total. The van der Waals surface area contributed by atoms with Crippen LogP contribution in [0.1, 0.15) is 30.5 Å². The summed E-state index contributed by atoms with van der Waals surface area (Å²) in [5, 5.41) is 2.80. The van der Waals surface area contributed by atoms with Crippen LogP contribution in [0.5, 0.6) is 0 Å². The average molecular weight is 282 g/mol. The highest BCUT2D eigenvalue weighted by molar-refractivity contribution is 6.04. The number of hydrogen-bond acceptors (Lipinski definition) is 0. The van der Waals surface area contributed by atoms with Crippen molar-refractivity contribution in [2.75, 3.05) is 0 Å². The molecular weight excluding hydrogens is 264 g/mol. The lowest BCUT2D eigenvalue weighted by molar-refractivity contribution is 0.444. The van der Waals surface area contributed by atoms with Crippen LogP contribution in [0, 0.1) is 5.92 Å². The Morgan fingerprint density at radius 3 is 2.45 bits per heavy atom. The van der Waals surface area contributed by atoms with Gasteiger partial charge in [-0.25, -0.2) is 0 Å². The van der Waals surface area contributed by atoms with Crippen molar-refractivity contribution >= 4 is 16.8 Å². The van der Waals surface area contributed by atoms with Crippen LogP contribution in [0.3, 0.4) is 0 Å². The Morgan fingerprint density at radius 2 is 1.59 bits per heavy atom. The first-order chi connectivity index (χ1) is 10.7. The van der Waals surface area contributed by atoms with Gasteiger partial charge in [-0.3, -0.25) is 0 Å². The van der Waals surface area contributed by atoms with Crippen LogP contribution in [0.4, 0.5) is 0 Å². The SMILES string of the molecule is C[C@H]1C=Cc2cccc3c2[C@@]1(C)c1cccc2cccc-3c12. The summed E-state index contributed by atoms with van der Waals surface area (Å²) in [5.41, 5.74) is 7.25. The maximum Gasteiger partial charge on any atom is 0.0253 e. The van der Waals surface area contributed by atoms with Gasteiger partial charge in [0.15, 0.2) is 0 Å². The minimum absolute atomic E-state index is 0.0640. The van der Waals surface area contributed by atoms with Crippen molar-refractivity contribution in [3.8, 4) is 11.1 Å². The predicted octanol–water partition coefficient (Wildman–Crippen LogP) is 5.79. The minimum Gasteiger partial charge on any atom is -0.0799 e. The van der Waals surface area contributed by atoms with Crippen molar-refractivity contribution in [2.45, 2.75) is 19.3 Å². The zero-order valence-electron chi connectivity index (χ0n) is 12.9. The minimum atomic E-state index is 0.0640. The molecule has 3 aromatic rings.